The zero-order valence-corrected chi connectivity index (χ0v) is 19.4. The second kappa shape index (κ2) is 9.53. The molecule has 1 fully saturated rings. The van der Waals surface area contributed by atoms with Crippen LogP contribution < -0.4 is 19.7 Å². The van der Waals surface area contributed by atoms with E-state index in [0.29, 0.717) is 22.7 Å². The van der Waals surface area contributed by atoms with Crippen LogP contribution >= 0.6 is 27.5 Å². The lowest BCUT2D eigenvalue weighted by atomic mass is 10.1. The van der Waals surface area contributed by atoms with Crippen LogP contribution in [0, 0.1) is 0 Å². The number of benzene rings is 2. The summed E-state index contributed by atoms with van der Waals surface area (Å²) in [6.45, 7) is 3.89. The van der Waals surface area contributed by atoms with Crippen molar-refractivity contribution in [3.63, 3.8) is 0 Å². The normalized spacial score (nSPS) is 16.4. The molecule has 0 bridgehead atoms. The van der Waals surface area contributed by atoms with Crippen molar-refractivity contribution in [3.05, 3.63) is 57.0 Å². The van der Waals surface area contributed by atoms with Crippen molar-refractivity contribution in [2.45, 2.75) is 26.4 Å². The fourth-order valence-corrected chi connectivity index (χ4v) is 3.40. The number of rotatable bonds is 6. The van der Waals surface area contributed by atoms with Gasteiger partial charge in [-0.2, -0.15) is 0 Å². The first-order chi connectivity index (χ1) is 14.7. The molecule has 1 heterocycles. The van der Waals surface area contributed by atoms with Gasteiger partial charge < -0.3 is 9.47 Å². The summed E-state index contributed by atoms with van der Waals surface area (Å²) >= 11 is 9.69. The number of carbonyl (C=O) groups is 3. The first-order valence-electron chi connectivity index (χ1n) is 9.46. The molecule has 7 nitrogen and oxygen atoms in total. The maximum atomic E-state index is 13.0. The van der Waals surface area contributed by atoms with Gasteiger partial charge in [-0.3, -0.25) is 14.9 Å². The van der Waals surface area contributed by atoms with Gasteiger partial charge in [-0.25, -0.2) is 9.69 Å². The lowest BCUT2D eigenvalue weighted by molar-refractivity contribution is -0.122. The molecular weight excluding hydrogens is 488 g/mol. The number of methoxy groups -OCH3 is 1. The molecule has 1 aliphatic heterocycles. The van der Waals surface area contributed by atoms with Crippen LogP contribution in [0.5, 0.6) is 11.5 Å². The van der Waals surface area contributed by atoms with Gasteiger partial charge in [0.25, 0.3) is 11.8 Å². The van der Waals surface area contributed by atoms with E-state index in [1.165, 1.54) is 13.2 Å². The number of hydrogen-bond acceptors (Lipinski definition) is 5. The Kier molecular flexibility index (Phi) is 7.02. The van der Waals surface area contributed by atoms with E-state index >= 15 is 0 Å². The summed E-state index contributed by atoms with van der Waals surface area (Å²) in [5.74, 6) is -0.791. The van der Waals surface area contributed by atoms with Gasteiger partial charge in [0.1, 0.15) is 5.57 Å². The van der Waals surface area contributed by atoms with Gasteiger partial charge in [0, 0.05) is 4.47 Å². The Balaban J connectivity index is 2.00. The molecule has 0 saturated carbocycles. The third kappa shape index (κ3) is 4.91. The Morgan fingerprint density at radius 3 is 2.48 bits per heavy atom. The molecule has 0 spiro atoms. The Bertz CT molecular complexity index is 1070. The van der Waals surface area contributed by atoms with E-state index in [9.17, 15) is 14.4 Å². The summed E-state index contributed by atoms with van der Waals surface area (Å²) < 4.78 is 12.0. The predicted octanol–water partition coefficient (Wildman–Crippen LogP) is 4.95. The van der Waals surface area contributed by atoms with Gasteiger partial charge in [-0.05, 0) is 61.4 Å². The molecule has 31 heavy (non-hydrogen) atoms. The number of halogens is 2. The van der Waals surface area contributed by atoms with Crippen molar-refractivity contribution in [3.8, 4) is 11.5 Å². The van der Waals surface area contributed by atoms with Gasteiger partial charge >= 0.3 is 6.03 Å². The minimum Gasteiger partial charge on any atom is -0.493 e. The summed E-state index contributed by atoms with van der Waals surface area (Å²) in [5.41, 5.74) is 0.565. The molecule has 2 aromatic rings. The van der Waals surface area contributed by atoms with Crippen LogP contribution in [-0.2, 0) is 9.59 Å². The molecule has 0 aromatic heterocycles. The minimum absolute atomic E-state index is 0.0771. The first-order valence-corrected chi connectivity index (χ1v) is 10.6. The molecule has 1 N–H and O–H groups in total. The second-order valence-corrected chi connectivity index (χ2v) is 8.13. The summed E-state index contributed by atoms with van der Waals surface area (Å²) in [7, 11) is 1.47. The molecule has 9 heteroatoms. The topological polar surface area (TPSA) is 84.9 Å². The maximum Gasteiger partial charge on any atom is 0.335 e. The number of nitrogens with zero attached hydrogens (tertiary/aromatic N) is 1. The molecule has 1 atom stereocenters. The number of nitrogens with one attached hydrogen (secondary N) is 1. The molecule has 0 aliphatic carbocycles. The highest BCUT2D eigenvalue weighted by molar-refractivity contribution is 9.10. The average Bonchev–Trinajstić information content (AvgIpc) is 2.73. The quantitative estimate of drug-likeness (QED) is 0.441. The Morgan fingerprint density at radius 1 is 1.19 bits per heavy atom. The third-order valence-corrected chi connectivity index (χ3v) is 5.45. The standard InChI is InChI=1S/C22H20BrClN2O5/c1-4-12(2)31-19-17(24)10-13(11-18(19)30-3)9-16-20(27)25-22(29)26(21(16)28)15-7-5-14(23)6-8-15/h5-12H,4H2,1-3H3,(H,25,27,29)/b16-9+/t12-/m0/s1. The molecule has 2 aromatic carbocycles. The number of imide groups is 2. The molecule has 1 aliphatic rings. The number of carbonyl (C=O) groups excluding carboxylic acids is 3. The van der Waals surface area contributed by atoms with Crippen molar-refractivity contribution in [2.75, 3.05) is 12.0 Å². The third-order valence-electron chi connectivity index (χ3n) is 4.64. The summed E-state index contributed by atoms with van der Waals surface area (Å²) in [6.07, 6.45) is 2.06. The highest BCUT2D eigenvalue weighted by atomic mass is 79.9. The number of urea groups is 1. The smallest absolute Gasteiger partial charge is 0.335 e. The van der Waals surface area contributed by atoms with Crippen LogP contribution in [0.25, 0.3) is 6.08 Å². The van der Waals surface area contributed by atoms with E-state index in [1.54, 1.807) is 36.4 Å². The maximum absolute atomic E-state index is 13.0. The van der Waals surface area contributed by atoms with E-state index in [0.717, 1.165) is 15.8 Å². The SMILES string of the molecule is CC[C@H](C)Oc1c(Cl)cc(/C=C2\C(=O)NC(=O)N(c3ccc(Br)cc3)C2=O)cc1OC. The fourth-order valence-electron chi connectivity index (χ4n) is 2.87. The Labute approximate surface area is 193 Å². The van der Waals surface area contributed by atoms with Crippen LogP contribution in [0.2, 0.25) is 5.02 Å². The van der Waals surface area contributed by atoms with Gasteiger partial charge in [-0.15, -0.1) is 0 Å². The summed E-state index contributed by atoms with van der Waals surface area (Å²) in [4.78, 5) is 38.6. The number of barbiturate groups is 1. The van der Waals surface area contributed by atoms with Crippen molar-refractivity contribution < 1.29 is 23.9 Å². The van der Waals surface area contributed by atoms with E-state index in [4.69, 9.17) is 21.1 Å². The van der Waals surface area contributed by atoms with Crippen LogP contribution in [0.1, 0.15) is 25.8 Å². The molecular formula is C22H20BrClN2O5. The Morgan fingerprint density at radius 2 is 1.87 bits per heavy atom. The van der Waals surface area contributed by atoms with Gasteiger partial charge in [0.05, 0.1) is 23.9 Å². The van der Waals surface area contributed by atoms with Crippen molar-refractivity contribution in [2.24, 2.45) is 0 Å². The molecule has 4 amide bonds. The lowest BCUT2D eigenvalue weighted by Crippen LogP contribution is -2.54. The zero-order chi connectivity index (χ0) is 22.7. The molecule has 1 saturated heterocycles. The minimum atomic E-state index is -0.817. The van der Waals surface area contributed by atoms with E-state index in [1.807, 2.05) is 13.8 Å². The van der Waals surface area contributed by atoms with Crippen LogP contribution in [0.15, 0.2) is 46.4 Å². The highest BCUT2D eigenvalue weighted by Crippen LogP contribution is 2.38. The van der Waals surface area contributed by atoms with Crippen LogP contribution in [-0.4, -0.2) is 31.1 Å². The molecule has 0 radical (unpaired) electrons. The van der Waals surface area contributed by atoms with Crippen molar-refractivity contribution in [1.29, 1.82) is 0 Å². The first kappa shape index (κ1) is 22.8. The van der Waals surface area contributed by atoms with Gasteiger partial charge in [0.2, 0.25) is 0 Å². The largest absolute Gasteiger partial charge is 0.493 e. The van der Waals surface area contributed by atoms with E-state index in [2.05, 4.69) is 21.2 Å². The van der Waals surface area contributed by atoms with Gasteiger partial charge in [-0.1, -0.05) is 34.5 Å². The zero-order valence-electron chi connectivity index (χ0n) is 17.1. The second-order valence-electron chi connectivity index (χ2n) is 6.81. The van der Waals surface area contributed by atoms with Crippen LogP contribution in [0.3, 0.4) is 0 Å². The average molecular weight is 508 g/mol. The number of ether oxygens (including phenoxy) is 2. The molecule has 0 unspecified atom stereocenters. The summed E-state index contributed by atoms with van der Waals surface area (Å²) in [6, 6.07) is 8.92. The monoisotopic (exact) mass is 506 g/mol. The number of amides is 4. The van der Waals surface area contributed by atoms with Crippen LogP contribution in [0.4, 0.5) is 10.5 Å². The van der Waals surface area contributed by atoms with E-state index in [-0.39, 0.29) is 16.7 Å². The number of hydrogen-bond donors (Lipinski definition) is 1. The predicted molar refractivity (Wildman–Crippen MR) is 122 cm³/mol. The molecule has 162 valence electrons. The molecule has 3 rings (SSSR count). The summed E-state index contributed by atoms with van der Waals surface area (Å²) in [5, 5.41) is 2.46. The lowest BCUT2D eigenvalue weighted by Gasteiger charge is -2.26. The van der Waals surface area contributed by atoms with Gasteiger partial charge in [0.15, 0.2) is 11.5 Å². The van der Waals surface area contributed by atoms with Crippen molar-refractivity contribution in [1.82, 2.24) is 5.32 Å². The van der Waals surface area contributed by atoms with Crippen molar-refractivity contribution >= 4 is 57.1 Å². The highest BCUT2D eigenvalue weighted by Gasteiger charge is 2.36. The van der Waals surface area contributed by atoms with E-state index < -0.39 is 17.8 Å². The fraction of sp³-hybridized carbons (Fsp3) is 0.227. The Hall–Kier alpha value is -2.84. The number of anilines is 1.